The van der Waals surface area contributed by atoms with Crippen molar-refractivity contribution in [2.75, 3.05) is 0 Å². The highest BCUT2D eigenvalue weighted by atomic mass is 16.5. The first-order chi connectivity index (χ1) is 12.4. The highest BCUT2D eigenvalue weighted by Crippen LogP contribution is 2.24. The first-order valence-electron chi connectivity index (χ1n) is 8.87. The molecule has 0 radical (unpaired) electrons. The molecule has 0 aliphatic rings. The van der Waals surface area contributed by atoms with Gasteiger partial charge in [-0.2, -0.15) is 0 Å². The van der Waals surface area contributed by atoms with Crippen LogP contribution in [0.1, 0.15) is 42.3 Å². The van der Waals surface area contributed by atoms with E-state index in [0.717, 1.165) is 22.6 Å². The number of benzene rings is 3. The topological polar surface area (TPSA) is 26.3 Å². The number of Topliss-reactive ketones (excluding diaryl/α,β-unsaturated/α-hetero) is 1. The van der Waals surface area contributed by atoms with Crippen molar-refractivity contribution in [2.45, 2.75) is 32.6 Å². The smallest absolute Gasteiger partial charge is 0.167 e. The lowest BCUT2D eigenvalue weighted by Gasteiger charge is -2.19. The molecule has 0 atom stereocenters. The normalized spacial score (nSPS) is 11.2. The zero-order chi connectivity index (χ0) is 18.6. The SMILES string of the molecule is CC(C)(C)c1ccc(C(=O)Cc2cccc(Oc3ccccc3)c2)cc1. The van der Waals surface area contributed by atoms with Crippen molar-refractivity contribution in [1.29, 1.82) is 0 Å². The van der Waals surface area contributed by atoms with E-state index >= 15 is 0 Å². The van der Waals surface area contributed by atoms with Crippen LogP contribution in [0.3, 0.4) is 0 Å². The molecule has 0 fully saturated rings. The molecule has 3 aromatic carbocycles. The predicted octanol–water partition coefficient (Wildman–Crippen LogP) is 6.20. The van der Waals surface area contributed by atoms with Gasteiger partial charge in [-0.25, -0.2) is 0 Å². The fraction of sp³-hybridized carbons (Fsp3) is 0.208. The summed E-state index contributed by atoms with van der Waals surface area (Å²) < 4.78 is 5.85. The van der Waals surface area contributed by atoms with Crippen LogP contribution in [-0.2, 0) is 11.8 Å². The van der Waals surface area contributed by atoms with E-state index in [1.807, 2.05) is 78.9 Å². The number of rotatable bonds is 5. The molecule has 2 nitrogen and oxygen atoms in total. The Kier molecular flexibility index (Phi) is 5.22. The quantitative estimate of drug-likeness (QED) is 0.515. The van der Waals surface area contributed by atoms with Gasteiger partial charge >= 0.3 is 0 Å². The summed E-state index contributed by atoms with van der Waals surface area (Å²) in [6.07, 6.45) is 0.362. The van der Waals surface area contributed by atoms with E-state index in [1.165, 1.54) is 5.56 Å². The highest BCUT2D eigenvalue weighted by molar-refractivity contribution is 5.97. The Morgan fingerprint density at radius 3 is 2.12 bits per heavy atom. The molecule has 0 aliphatic carbocycles. The van der Waals surface area contributed by atoms with E-state index < -0.39 is 0 Å². The van der Waals surface area contributed by atoms with Crippen LogP contribution in [0, 0.1) is 0 Å². The van der Waals surface area contributed by atoms with Crippen molar-refractivity contribution in [3.63, 3.8) is 0 Å². The van der Waals surface area contributed by atoms with E-state index in [-0.39, 0.29) is 11.2 Å². The molecule has 0 unspecified atom stereocenters. The third-order valence-electron chi connectivity index (χ3n) is 4.31. The standard InChI is InChI=1S/C24H24O2/c1-24(2,3)20-14-12-19(13-15-20)23(25)17-18-8-7-11-22(16-18)26-21-9-5-4-6-10-21/h4-16H,17H2,1-3H3. The van der Waals surface area contributed by atoms with Gasteiger partial charge in [0, 0.05) is 12.0 Å². The molecule has 3 rings (SSSR count). The lowest BCUT2D eigenvalue weighted by Crippen LogP contribution is -2.11. The Morgan fingerprint density at radius 2 is 1.46 bits per heavy atom. The second-order valence-electron chi connectivity index (χ2n) is 7.49. The number of carbonyl (C=O) groups is 1. The summed E-state index contributed by atoms with van der Waals surface area (Å²) in [4.78, 5) is 12.6. The number of hydrogen-bond donors (Lipinski definition) is 0. The van der Waals surface area contributed by atoms with Crippen LogP contribution in [0.4, 0.5) is 0 Å². The van der Waals surface area contributed by atoms with E-state index in [1.54, 1.807) is 0 Å². The fourth-order valence-corrected chi connectivity index (χ4v) is 2.79. The summed E-state index contributed by atoms with van der Waals surface area (Å²) in [7, 11) is 0. The van der Waals surface area contributed by atoms with Gasteiger partial charge in [-0.1, -0.05) is 75.4 Å². The summed E-state index contributed by atoms with van der Waals surface area (Å²) in [5.41, 5.74) is 3.01. The van der Waals surface area contributed by atoms with Crippen LogP contribution < -0.4 is 4.74 Å². The minimum atomic E-state index is 0.0880. The molecule has 26 heavy (non-hydrogen) atoms. The van der Waals surface area contributed by atoms with Crippen LogP contribution in [0.5, 0.6) is 11.5 Å². The van der Waals surface area contributed by atoms with Gasteiger partial charge in [0.1, 0.15) is 11.5 Å². The number of ether oxygens (including phenoxy) is 1. The van der Waals surface area contributed by atoms with E-state index in [2.05, 4.69) is 20.8 Å². The minimum Gasteiger partial charge on any atom is -0.457 e. The van der Waals surface area contributed by atoms with E-state index in [4.69, 9.17) is 4.74 Å². The van der Waals surface area contributed by atoms with Crippen LogP contribution in [0.15, 0.2) is 78.9 Å². The van der Waals surface area contributed by atoms with Gasteiger partial charge in [-0.3, -0.25) is 4.79 Å². The molecule has 0 N–H and O–H groups in total. The summed E-state index contributed by atoms with van der Waals surface area (Å²) >= 11 is 0. The molecule has 0 amide bonds. The molecule has 3 aromatic rings. The van der Waals surface area contributed by atoms with Gasteiger partial charge in [0.05, 0.1) is 0 Å². The molecule has 0 bridgehead atoms. The average Bonchev–Trinajstić information content (AvgIpc) is 2.62. The number of hydrogen-bond acceptors (Lipinski definition) is 2. The lowest BCUT2D eigenvalue weighted by molar-refractivity contribution is 0.0993. The highest BCUT2D eigenvalue weighted by Gasteiger charge is 2.14. The number of ketones is 1. The third-order valence-corrected chi connectivity index (χ3v) is 4.31. The van der Waals surface area contributed by atoms with Crippen LogP contribution >= 0.6 is 0 Å². The summed E-state index contributed by atoms with van der Waals surface area (Å²) in [6, 6.07) is 25.3. The number of carbonyl (C=O) groups excluding carboxylic acids is 1. The van der Waals surface area contributed by atoms with Gasteiger partial charge in [0.25, 0.3) is 0 Å². The molecular weight excluding hydrogens is 320 g/mol. The Bertz CT molecular complexity index is 872. The van der Waals surface area contributed by atoms with Crippen LogP contribution in [0.25, 0.3) is 0 Å². The van der Waals surface area contributed by atoms with E-state index in [0.29, 0.717) is 6.42 Å². The van der Waals surface area contributed by atoms with E-state index in [9.17, 15) is 4.79 Å². The molecule has 0 aliphatic heterocycles. The fourth-order valence-electron chi connectivity index (χ4n) is 2.79. The second-order valence-corrected chi connectivity index (χ2v) is 7.49. The zero-order valence-electron chi connectivity index (χ0n) is 15.5. The maximum atomic E-state index is 12.6. The van der Waals surface area contributed by atoms with Gasteiger partial charge < -0.3 is 4.74 Å². The molecule has 0 saturated heterocycles. The van der Waals surface area contributed by atoms with Crippen molar-refractivity contribution in [3.8, 4) is 11.5 Å². The van der Waals surface area contributed by atoms with Crippen LogP contribution in [-0.4, -0.2) is 5.78 Å². The lowest BCUT2D eigenvalue weighted by atomic mass is 9.86. The monoisotopic (exact) mass is 344 g/mol. The maximum absolute atomic E-state index is 12.6. The first kappa shape index (κ1) is 17.9. The average molecular weight is 344 g/mol. The van der Waals surface area contributed by atoms with Crippen molar-refractivity contribution >= 4 is 5.78 Å². The minimum absolute atomic E-state index is 0.0880. The van der Waals surface area contributed by atoms with Crippen LogP contribution in [0.2, 0.25) is 0 Å². The van der Waals surface area contributed by atoms with Crippen molar-refractivity contribution in [1.82, 2.24) is 0 Å². The maximum Gasteiger partial charge on any atom is 0.167 e. The number of para-hydroxylation sites is 1. The Hall–Kier alpha value is -2.87. The van der Waals surface area contributed by atoms with Gasteiger partial charge in [-0.15, -0.1) is 0 Å². The molecule has 0 saturated carbocycles. The van der Waals surface area contributed by atoms with Gasteiger partial charge in [0.2, 0.25) is 0 Å². The molecule has 2 heteroatoms. The van der Waals surface area contributed by atoms with Gasteiger partial charge in [0.15, 0.2) is 5.78 Å². The molecule has 0 spiro atoms. The Labute approximate surface area is 155 Å². The van der Waals surface area contributed by atoms with Crippen molar-refractivity contribution in [3.05, 3.63) is 95.6 Å². The Balaban J connectivity index is 1.70. The predicted molar refractivity (Wildman–Crippen MR) is 106 cm³/mol. The second kappa shape index (κ2) is 7.57. The van der Waals surface area contributed by atoms with Crippen molar-refractivity contribution in [2.24, 2.45) is 0 Å². The largest absolute Gasteiger partial charge is 0.457 e. The summed E-state index contributed by atoms with van der Waals surface area (Å²) in [5.74, 6) is 1.64. The molecule has 132 valence electrons. The van der Waals surface area contributed by atoms with Gasteiger partial charge in [-0.05, 0) is 40.8 Å². The zero-order valence-corrected chi connectivity index (χ0v) is 15.5. The molecule has 0 heterocycles. The first-order valence-corrected chi connectivity index (χ1v) is 8.87. The summed E-state index contributed by atoms with van der Waals surface area (Å²) in [6.45, 7) is 6.51. The Morgan fingerprint density at radius 1 is 0.808 bits per heavy atom. The summed E-state index contributed by atoms with van der Waals surface area (Å²) in [5, 5.41) is 0. The molecule has 0 aromatic heterocycles. The third kappa shape index (κ3) is 4.60. The molecular formula is C24H24O2. The van der Waals surface area contributed by atoms with Crippen molar-refractivity contribution < 1.29 is 9.53 Å².